The Morgan fingerprint density at radius 3 is 2.57 bits per heavy atom. The zero-order chi connectivity index (χ0) is 16.0. The third kappa shape index (κ3) is 2.42. The zero-order valence-corrected chi connectivity index (χ0v) is 15.4. The van der Waals surface area contributed by atoms with Crippen molar-refractivity contribution in [2.24, 2.45) is 10.1 Å². The fourth-order valence-electron chi connectivity index (χ4n) is 3.00. The molecule has 0 bridgehead atoms. The molecule has 1 unspecified atom stereocenters. The lowest BCUT2D eigenvalue weighted by Gasteiger charge is -2.26. The highest BCUT2D eigenvalue weighted by molar-refractivity contribution is 14.1. The number of rotatable bonds is 1. The van der Waals surface area contributed by atoms with Crippen LogP contribution in [0.25, 0.3) is 0 Å². The molecule has 4 rings (SSSR count). The first-order valence-electron chi connectivity index (χ1n) is 7.37. The van der Waals surface area contributed by atoms with Crippen LogP contribution in [0, 0.1) is 0 Å². The van der Waals surface area contributed by atoms with Gasteiger partial charge in [0.2, 0.25) is 0 Å². The van der Waals surface area contributed by atoms with Gasteiger partial charge >= 0.3 is 0 Å². The summed E-state index contributed by atoms with van der Waals surface area (Å²) in [6, 6.07) is 16.2. The number of aliphatic imine (C=N–C) groups is 1. The first-order chi connectivity index (χ1) is 11.2. The Kier molecular flexibility index (Phi) is 3.77. The highest BCUT2D eigenvalue weighted by Crippen LogP contribution is 2.34. The molecule has 0 saturated carbocycles. The topological polar surface area (TPSA) is 31.2 Å². The molecule has 2 aliphatic heterocycles. The summed E-state index contributed by atoms with van der Waals surface area (Å²) in [5, 5.41) is 5.34. The quantitative estimate of drug-likeness (QED) is 0.492. The summed E-state index contributed by atoms with van der Waals surface area (Å²) in [5.74, 6) is 0.960. The first kappa shape index (κ1) is 15.0. The molecule has 4 nitrogen and oxygen atoms in total. The average molecular weight is 437 g/mol. The van der Waals surface area contributed by atoms with E-state index in [1.807, 2.05) is 33.6 Å². The van der Waals surface area contributed by atoms with Crippen molar-refractivity contribution in [2.75, 3.05) is 11.4 Å². The lowest BCUT2D eigenvalue weighted by atomic mass is 10.00. The SMILES string of the molecule is CC1N(I)N=C2CN=C(c3ccccc3Cl)c3ccccc3N21. The summed E-state index contributed by atoms with van der Waals surface area (Å²) in [6.45, 7) is 2.68. The lowest BCUT2D eigenvalue weighted by Crippen LogP contribution is -2.38. The van der Waals surface area contributed by atoms with E-state index in [0.29, 0.717) is 11.6 Å². The summed E-state index contributed by atoms with van der Waals surface area (Å²) >= 11 is 8.65. The number of fused-ring (bicyclic) bond motifs is 3. The van der Waals surface area contributed by atoms with Crippen molar-refractivity contribution in [2.45, 2.75) is 13.1 Å². The van der Waals surface area contributed by atoms with Gasteiger partial charge in [-0.1, -0.05) is 48.0 Å². The third-order valence-electron chi connectivity index (χ3n) is 4.10. The van der Waals surface area contributed by atoms with E-state index in [1.165, 1.54) is 0 Å². The van der Waals surface area contributed by atoms with Crippen molar-refractivity contribution in [3.05, 3.63) is 64.7 Å². The van der Waals surface area contributed by atoms with Crippen molar-refractivity contribution in [3.8, 4) is 0 Å². The molecule has 2 aliphatic rings. The maximum atomic E-state index is 6.42. The molecule has 23 heavy (non-hydrogen) atoms. The van der Waals surface area contributed by atoms with Crippen LogP contribution in [0.2, 0.25) is 5.02 Å². The second kappa shape index (κ2) is 5.79. The Balaban J connectivity index is 1.93. The van der Waals surface area contributed by atoms with Crippen LogP contribution in [0.4, 0.5) is 5.69 Å². The Bertz CT molecular complexity index is 833. The number of benzene rings is 2. The third-order valence-corrected chi connectivity index (χ3v) is 5.45. The molecule has 0 radical (unpaired) electrons. The number of nitrogens with zero attached hydrogens (tertiary/aromatic N) is 4. The van der Waals surface area contributed by atoms with Gasteiger partial charge in [0.25, 0.3) is 0 Å². The van der Waals surface area contributed by atoms with Crippen molar-refractivity contribution in [1.82, 2.24) is 3.22 Å². The fourth-order valence-corrected chi connectivity index (χ4v) is 3.73. The maximum Gasteiger partial charge on any atom is 0.153 e. The second-order valence-corrected chi connectivity index (χ2v) is 6.86. The smallest absolute Gasteiger partial charge is 0.153 e. The van der Waals surface area contributed by atoms with Gasteiger partial charge in [0.1, 0.15) is 6.17 Å². The van der Waals surface area contributed by atoms with Gasteiger partial charge in [-0.05, 0) is 19.1 Å². The molecule has 0 saturated heterocycles. The van der Waals surface area contributed by atoms with Gasteiger partial charge in [-0.2, -0.15) is 5.10 Å². The van der Waals surface area contributed by atoms with Crippen LogP contribution in [0.5, 0.6) is 0 Å². The number of anilines is 1. The van der Waals surface area contributed by atoms with E-state index >= 15 is 0 Å². The Morgan fingerprint density at radius 2 is 1.78 bits per heavy atom. The maximum absolute atomic E-state index is 6.42. The Labute approximate surface area is 154 Å². The highest BCUT2D eigenvalue weighted by atomic mass is 127. The van der Waals surface area contributed by atoms with Crippen LogP contribution < -0.4 is 4.90 Å². The Hall–Kier alpha value is -1.60. The van der Waals surface area contributed by atoms with Crippen LogP contribution in [-0.4, -0.2) is 27.5 Å². The van der Waals surface area contributed by atoms with E-state index in [-0.39, 0.29) is 6.17 Å². The molecule has 2 aromatic carbocycles. The largest absolute Gasteiger partial charge is 0.303 e. The minimum atomic E-state index is 0.160. The number of hydrogen-bond acceptors (Lipinski definition) is 4. The normalized spacial score (nSPS) is 19.7. The standard InChI is InChI=1S/C17H14ClIN4/c1-11-22-15-9-5-3-7-13(15)17(12-6-2-4-8-14(12)18)20-10-16(22)21-23(11)19/h2-9,11H,10H2,1H3. The van der Waals surface area contributed by atoms with Crippen LogP contribution in [0.1, 0.15) is 18.1 Å². The molecule has 116 valence electrons. The van der Waals surface area contributed by atoms with Gasteiger partial charge in [-0.3, -0.25) is 4.99 Å². The van der Waals surface area contributed by atoms with E-state index in [0.717, 1.165) is 28.4 Å². The molecule has 0 amide bonds. The fraction of sp³-hybridized carbons (Fsp3) is 0.176. The van der Waals surface area contributed by atoms with E-state index in [1.54, 1.807) is 0 Å². The number of hydrazone groups is 1. The van der Waals surface area contributed by atoms with Crippen LogP contribution in [0.3, 0.4) is 0 Å². The van der Waals surface area contributed by atoms with E-state index in [4.69, 9.17) is 16.6 Å². The number of amidine groups is 1. The zero-order valence-electron chi connectivity index (χ0n) is 12.4. The second-order valence-electron chi connectivity index (χ2n) is 5.47. The molecular formula is C17H14ClIN4. The predicted molar refractivity (Wildman–Crippen MR) is 104 cm³/mol. The summed E-state index contributed by atoms with van der Waals surface area (Å²) in [7, 11) is 0. The summed E-state index contributed by atoms with van der Waals surface area (Å²) in [6.07, 6.45) is 0.160. The van der Waals surface area contributed by atoms with E-state index in [9.17, 15) is 0 Å². The van der Waals surface area contributed by atoms with Crippen molar-refractivity contribution >= 4 is 51.7 Å². The lowest BCUT2D eigenvalue weighted by molar-refractivity contribution is 0.471. The van der Waals surface area contributed by atoms with Gasteiger partial charge in [-0.15, -0.1) is 0 Å². The number of hydrogen-bond donors (Lipinski definition) is 0. The molecular weight excluding hydrogens is 423 g/mol. The molecule has 0 spiro atoms. The van der Waals surface area contributed by atoms with Gasteiger partial charge in [0, 0.05) is 16.1 Å². The molecule has 2 heterocycles. The van der Waals surface area contributed by atoms with Gasteiger partial charge in [0.05, 0.1) is 40.8 Å². The molecule has 0 aromatic heterocycles. The van der Waals surface area contributed by atoms with Crippen LogP contribution >= 0.6 is 34.5 Å². The van der Waals surface area contributed by atoms with E-state index < -0.39 is 0 Å². The minimum Gasteiger partial charge on any atom is -0.303 e. The molecule has 0 N–H and O–H groups in total. The van der Waals surface area contributed by atoms with Gasteiger partial charge < -0.3 is 4.90 Å². The summed E-state index contributed by atoms with van der Waals surface area (Å²) < 4.78 is 1.94. The van der Waals surface area contributed by atoms with Crippen molar-refractivity contribution in [3.63, 3.8) is 0 Å². The van der Waals surface area contributed by atoms with Crippen LogP contribution in [0.15, 0.2) is 58.6 Å². The van der Waals surface area contributed by atoms with Gasteiger partial charge in [0.15, 0.2) is 5.84 Å². The first-order valence-corrected chi connectivity index (χ1v) is 8.71. The van der Waals surface area contributed by atoms with Gasteiger partial charge in [-0.25, -0.2) is 3.22 Å². The molecule has 0 aliphatic carbocycles. The highest BCUT2D eigenvalue weighted by Gasteiger charge is 2.34. The molecule has 1 atom stereocenters. The monoisotopic (exact) mass is 436 g/mol. The molecule has 2 aromatic rings. The van der Waals surface area contributed by atoms with Crippen LogP contribution in [-0.2, 0) is 0 Å². The molecule has 0 fully saturated rings. The van der Waals surface area contributed by atoms with E-state index in [2.05, 4.69) is 58.0 Å². The number of para-hydroxylation sites is 1. The van der Waals surface area contributed by atoms with Crippen molar-refractivity contribution < 1.29 is 0 Å². The molecule has 6 heteroatoms. The Morgan fingerprint density at radius 1 is 1.09 bits per heavy atom. The predicted octanol–water partition coefficient (Wildman–Crippen LogP) is 4.32. The average Bonchev–Trinajstić information content (AvgIpc) is 2.75. The summed E-state index contributed by atoms with van der Waals surface area (Å²) in [4.78, 5) is 7.08. The minimum absolute atomic E-state index is 0.160. The van der Waals surface area contributed by atoms with Crippen molar-refractivity contribution in [1.29, 1.82) is 0 Å². The summed E-state index contributed by atoms with van der Waals surface area (Å²) in [5.41, 5.74) is 4.09. The number of halogens is 2.